The Labute approximate surface area is 538 Å². The number of esters is 6. The van der Waals surface area contributed by atoms with Crippen LogP contribution in [0.2, 0.25) is 0 Å². The van der Waals surface area contributed by atoms with E-state index in [4.69, 9.17) is 33.2 Å². The van der Waals surface area contributed by atoms with Gasteiger partial charge in [-0.05, 0) is 143 Å². The maximum Gasteiger partial charge on any atom is 0.305 e. The molecule has 19 heteroatoms. The van der Waals surface area contributed by atoms with E-state index in [0.717, 1.165) is 124 Å². The summed E-state index contributed by atoms with van der Waals surface area (Å²) >= 11 is 11.3. The smallest absolute Gasteiger partial charge is 0.305 e. The van der Waals surface area contributed by atoms with Crippen molar-refractivity contribution in [1.29, 1.82) is 0 Å². The number of hydrogen-bond donors (Lipinski definition) is 0. The van der Waals surface area contributed by atoms with E-state index < -0.39 is 73.3 Å². The second kappa shape index (κ2) is 54.8. The molecular formula is C65H120O13S6. The number of ether oxygens (including phenoxy) is 7. The molecule has 13 nitrogen and oxygen atoms in total. The zero-order valence-corrected chi connectivity index (χ0v) is 59.7. The summed E-state index contributed by atoms with van der Waals surface area (Å²) in [5, 5.41) is 3.19. The van der Waals surface area contributed by atoms with Gasteiger partial charge in [-0.1, -0.05) is 134 Å². The fraction of sp³-hybridized carbons (Fsp3) is 0.908. The normalized spacial score (nSPS) is 12.1. The van der Waals surface area contributed by atoms with Gasteiger partial charge in [0.2, 0.25) is 0 Å². The number of thioether (sulfide) groups is 6. The molecule has 0 saturated carbocycles. The highest BCUT2D eigenvalue weighted by molar-refractivity contribution is 8.00. The molecule has 0 bridgehead atoms. The van der Waals surface area contributed by atoms with Gasteiger partial charge in [0.1, 0.15) is 39.6 Å². The van der Waals surface area contributed by atoms with Crippen LogP contribution in [0.4, 0.5) is 0 Å². The first kappa shape index (κ1) is 82.9. The van der Waals surface area contributed by atoms with Crippen LogP contribution in [0.1, 0.15) is 250 Å². The molecule has 0 rings (SSSR count). The zero-order valence-electron chi connectivity index (χ0n) is 54.8. The highest BCUT2D eigenvalue weighted by atomic mass is 32.2. The number of unbranched alkanes of at least 4 members (excludes halogenated alkanes) is 14. The summed E-state index contributed by atoms with van der Waals surface area (Å²) in [6.07, 6.45) is 17.6. The number of carbonyl (C=O) groups is 6. The largest absolute Gasteiger partial charge is 0.465 e. The first-order valence-corrected chi connectivity index (χ1v) is 38.6. The predicted molar refractivity (Wildman–Crippen MR) is 362 cm³/mol. The van der Waals surface area contributed by atoms with Gasteiger partial charge in [-0.25, -0.2) is 0 Å². The van der Waals surface area contributed by atoms with Crippen LogP contribution in [0, 0.1) is 5.41 Å². The standard InChI is InChI=1S/C65H120O13S6/c1-52(2)79-39-27-15-13-14-21-33-61(69)75-49-65(50-76-62(70)37-25-19-31-43-83-56(9)10,51-77-63(71)38-26-20-32-44-84-57(11)12)78-48-64(45-72-58(66)34-22-16-28-40-80-53(3)4,46-73-59(67)35-23-17-29-41-81-54(5)6)47-74-60(68)36-24-18-30-42-82-55(7)8/h52-57H,13-51H2,1-12H3. The molecule has 0 amide bonds. The van der Waals surface area contributed by atoms with Crippen LogP contribution in [0.25, 0.3) is 0 Å². The lowest BCUT2D eigenvalue weighted by molar-refractivity contribution is -0.207. The molecule has 0 aliphatic carbocycles. The molecule has 0 aliphatic rings. The minimum atomic E-state index is -1.77. The molecule has 0 aromatic carbocycles. The monoisotopic (exact) mass is 1300 g/mol. The van der Waals surface area contributed by atoms with E-state index >= 15 is 0 Å². The highest BCUT2D eigenvalue weighted by Gasteiger charge is 2.44. The molecule has 0 fully saturated rings. The van der Waals surface area contributed by atoms with Gasteiger partial charge in [0.15, 0.2) is 5.60 Å². The van der Waals surface area contributed by atoms with Gasteiger partial charge in [-0.15, -0.1) is 0 Å². The molecule has 84 heavy (non-hydrogen) atoms. The third-order valence-corrected chi connectivity index (χ3v) is 20.3. The Kier molecular flexibility index (Phi) is 54.1. The highest BCUT2D eigenvalue weighted by Crippen LogP contribution is 2.28. The third kappa shape index (κ3) is 53.9. The van der Waals surface area contributed by atoms with Crippen LogP contribution in [0.5, 0.6) is 0 Å². The summed E-state index contributed by atoms with van der Waals surface area (Å²) in [5.41, 5.74) is -3.26. The predicted octanol–water partition coefficient (Wildman–Crippen LogP) is 17.0. The molecule has 494 valence electrons. The molecule has 0 aromatic heterocycles. The van der Waals surface area contributed by atoms with Crippen LogP contribution < -0.4 is 0 Å². The first-order chi connectivity index (χ1) is 40.1. The lowest BCUT2D eigenvalue weighted by atomic mass is 9.91. The number of hydrogen-bond acceptors (Lipinski definition) is 19. The molecule has 0 atom stereocenters. The van der Waals surface area contributed by atoms with E-state index in [9.17, 15) is 28.8 Å². The lowest BCUT2D eigenvalue weighted by Gasteiger charge is -2.38. The van der Waals surface area contributed by atoms with Crippen LogP contribution in [0.3, 0.4) is 0 Å². The Bertz CT molecular complexity index is 1540. The van der Waals surface area contributed by atoms with E-state index in [1.165, 1.54) is 0 Å². The minimum Gasteiger partial charge on any atom is -0.465 e. The Morgan fingerprint density at radius 1 is 0.250 bits per heavy atom. The van der Waals surface area contributed by atoms with Gasteiger partial charge >= 0.3 is 35.8 Å². The average molecular weight is 1300 g/mol. The van der Waals surface area contributed by atoms with E-state index in [1.54, 1.807) is 0 Å². The van der Waals surface area contributed by atoms with Crippen molar-refractivity contribution >= 4 is 106 Å². The molecule has 0 aliphatic heterocycles. The van der Waals surface area contributed by atoms with E-state index in [1.807, 2.05) is 70.6 Å². The second-order valence-corrected chi connectivity index (χ2v) is 34.1. The summed E-state index contributed by atoms with van der Waals surface area (Å²) in [5.74, 6) is 3.22. The van der Waals surface area contributed by atoms with Gasteiger partial charge in [0, 0.05) is 38.5 Å². The molecule has 0 unspecified atom stereocenters. The zero-order chi connectivity index (χ0) is 62.7. The third-order valence-electron chi connectivity index (χ3n) is 13.1. The Morgan fingerprint density at radius 3 is 0.643 bits per heavy atom. The molecule has 0 aromatic rings. The molecule has 0 radical (unpaired) electrons. The van der Waals surface area contributed by atoms with E-state index in [0.29, 0.717) is 70.0 Å². The van der Waals surface area contributed by atoms with Crippen LogP contribution in [-0.4, -0.2) is 154 Å². The molecular weight excluding hydrogens is 1180 g/mol. The topological polar surface area (TPSA) is 167 Å². The summed E-state index contributed by atoms with van der Waals surface area (Å²) in [6, 6.07) is 0. The van der Waals surface area contributed by atoms with Crippen molar-refractivity contribution in [1.82, 2.24) is 0 Å². The van der Waals surface area contributed by atoms with Crippen LogP contribution in [-0.2, 0) is 61.9 Å². The number of rotatable bonds is 59. The van der Waals surface area contributed by atoms with Crippen molar-refractivity contribution in [2.75, 3.05) is 80.8 Å². The molecule has 0 spiro atoms. The molecule has 0 heterocycles. The Hall–Kier alpha value is -1.12. The van der Waals surface area contributed by atoms with Gasteiger partial charge in [0.25, 0.3) is 0 Å². The quantitative estimate of drug-likeness (QED) is 0.0320. The summed E-state index contributed by atoms with van der Waals surface area (Å²) in [6.45, 7) is 23.2. The van der Waals surface area contributed by atoms with Crippen LogP contribution in [0.15, 0.2) is 0 Å². The maximum atomic E-state index is 13.7. The van der Waals surface area contributed by atoms with Crippen molar-refractivity contribution in [3.05, 3.63) is 0 Å². The SMILES string of the molecule is CC(C)SCCCCCCCC(=O)OCC(COC(=O)CCCCCSC(C)C)(COC(=O)CCCCCSC(C)C)OCC(COC(=O)CCCCCSC(C)C)(COC(=O)CCCCCSC(C)C)COC(=O)CCCCCSC(C)C. The van der Waals surface area contributed by atoms with Gasteiger partial charge in [0.05, 0.1) is 12.0 Å². The second-order valence-electron chi connectivity index (χ2n) is 24.0. The maximum absolute atomic E-state index is 13.7. The van der Waals surface area contributed by atoms with Crippen molar-refractivity contribution in [2.45, 2.75) is 287 Å². The average Bonchev–Trinajstić information content (AvgIpc) is 3.65. The lowest BCUT2D eigenvalue weighted by Crippen LogP contribution is -2.53. The Balaban J connectivity index is 7.28. The van der Waals surface area contributed by atoms with Crippen molar-refractivity contribution < 1.29 is 61.9 Å². The van der Waals surface area contributed by atoms with Gasteiger partial charge < -0.3 is 33.2 Å². The number of carbonyl (C=O) groups excluding carboxylic acids is 6. The minimum absolute atomic E-state index is 0.142. The Morgan fingerprint density at radius 2 is 0.429 bits per heavy atom. The molecule has 0 saturated heterocycles. The van der Waals surface area contributed by atoms with Crippen molar-refractivity contribution in [3.8, 4) is 0 Å². The van der Waals surface area contributed by atoms with Crippen molar-refractivity contribution in [3.63, 3.8) is 0 Å². The van der Waals surface area contributed by atoms with Crippen LogP contribution >= 0.6 is 70.6 Å². The van der Waals surface area contributed by atoms with E-state index in [2.05, 4.69) is 83.1 Å². The van der Waals surface area contributed by atoms with Gasteiger partial charge in [-0.2, -0.15) is 70.6 Å². The fourth-order valence-electron chi connectivity index (χ4n) is 8.13. The van der Waals surface area contributed by atoms with E-state index in [-0.39, 0.29) is 58.3 Å². The van der Waals surface area contributed by atoms with Crippen molar-refractivity contribution in [2.24, 2.45) is 5.41 Å². The fourth-order valence-corrected chi connectivity index (χ4v) is 13.2. The first-order valence-electron chi connectivity index (χ1n) is 32.3. The van der Waals surface area contributed by atoms with Gasteiger partial charge in [-0.3, -0.25) is 28.8 Å². The summed E-state index contributed by atoms with van der Waals surface area (Å²) < 4.78 is 43.2. The summed E-state index contributed by atoms with van der Waals surface area (Å²) in [4.78, 5) is 82.0. The molecule has 0 N–H and O–H groups in total. The summed E-state index contributed by atoms with van der Waals surface area (Å²) in [7, 11) is 0.